The highest BCUT2D eigenvalue weighted by molar-refractivity contribution is 5.93. The number of carboxylic acid groups (broad SMARTS) is 1. The molecule has 0 saturated carbocycles. The maximum atomic E-state index is 11.4. The molecule has 3 heteroatoms. The van der Waals surface area contributed by atoms with Crippen molar-refractivity contribution in [3.8, 4) is 11.1 Å². The number of fused-ring (bicyclic) bond motifs is 1. The summed E-state index contributed by atoms with van der Waals surface area (Å²) in [7, 11) is 0. The van der Waals surface area contributed by atoms with Crippen molar-refractivity contribution in [1.29, 1.82) is 0 Å². The lowest BCUT2D eigenvalue weighted by Gasteiger charge is -2.18. The first-order chi connectivity index (χ1) is 12.2. The maximum absolute atomic E-state index is 11.4. The molecule has 25 heavy (non-hydrogen) atoms. The fraction of sp³-hybridized carbons (Fsp3) is 0.318. The molecule has 0 atom stereocenters. The molecule has 4 rings (SSSR count). The quantitative estimate of drug-likeness (QED) is 0.880. The van der Waals surface area contributed by atoms with E-state index in [9.17, 15) is 9.90 Å². The zero-order valence-electron chi connectivity index (χ0n) is 14.4. The highest BCUT2D eigenvalue weighted by Gasteiger charge is 2.15. The Morgan fingerprint density at radius 2 is 1.60 bits per heavy atom. The molecule has 1 heterocycles. The average molecular weight is 333 g/mol. The average Bonchev–Trinajstić information content (AvgIpc) is 3.08. The van der Waals surface area contributed by atoms with Gasteiger partial charge >= 0.3 is 5.97 Å². The number of rotatable bonds is 3. The largest absolute Gasteiger partial charge is 0.478 e. The van der Waals surface area contributed by atoms with Crippen LogP contribution in [0.25, 0.3) is 17.2 Å². The molecule has 1 fully saturated rings. The van der Waals surface area contributed by atoms with Gasteiger partial charge in [-0.25, -0.2) is 4.79 Å². The van der Waals surface area contributed by atoms with Gasteiger partial charge in [0.05, 0.1) is 0 Å². The van der Waals surface area contributed by atoms with Gasteiger partial charge < -0.3 is 10.0 Å². The molecule has 2 aliphatic rings. The van der Waals surface area contributed by atoms with Crippen molar-refractivity contribution in [1.82, 2.24) is 0 Å². The molecule has 3 nitrogen and oxygen atoms in total. The van der Waals surface area contributed by atoms with Crippen LogP contribution in [0.5, 0.6) is 0 Å². The SMILES string of the molecule is O=C(O)C1=Cc2cc(-c3ccc(N4CCCC4)cc3)ccc2CCC1. The van der Waals surface area contributed by atoms with Crippen LogP contribution >= 0.6 is 0 Å². The summed E-state index contributed by atoms with van der Waals surface area (Å²) in [6.07, 6.45) is 6.90. The number of benzene rings is 2. The molecule has 0 unspecified atom stereocenters. The smallest absolute Gasteiger partial charge is 0.331 e. The number of carbonyl (C=O) groups is 1. The summed E-state index contributed by atoms with van der Waals surface area (Å²) in [6, 6.07) is 15.2. The lowest BCUT2D eigenvalue weighted by Crippen LogP contribution is -2.17. The number of hydrogen-bond acceptors (Lipinski definition) is 2. The predicted molar refractivity (Wildman–Crippen MR) is 102 cm³/mol. The van der Waals surface area contributed by atoms with Crippen molar-refractivity contribution >= 4 is 17.7 Å². The lowest BCUT2D eigenvalue weighted by molar-refractivity contribution is -0.132. The lowest BCUT2D eigenvalue weighted by atomic mass is 9.97. The Balaban J connectivity index is 1.65. The second-order valence-electron chi connectivity index (χ2n) is 6.98. The van der Waals surface area contributed by atoms with E-state index in [-0.39, 0.29) is 0 Å². The van der Waals surface area contributed by atoms with Crippen molar-refractivity contribution in [2.75, 3.05) is 18.0 Å². The minimum Gasteiger partial charge on any atom is -0.478 e. The molecule has 1 saturated heterocycles. The van der Waals surface area contributed by atoms with Gasteiger partial charge in [0, 0.05) is 24.4 Å². The van der Waals surface area contributed by atoms with E-state index in [2.05, 4.69) is 47.4 Å². The fourth-order valence-corrected chi connectivity index (χ4v) is 3.87. The first-order valence-corrected chi connectivity index (χ1v) is 9.13. The summed E-state index contributed by atoms with van der Waals surface area (Å²) in [5, 5.41) is 9.34. The van der Waals surface area contributed by atoms with Gasteiger partial charge in [-0.1, -0.05) is 24.3 Å². The van der Waals surface area contributed by atoms with Crippen LogP contribution in [-0.2, 0) is 11.2 Å². The van der Waals surface area contributed by atoms with Crippen LogP contribution in [0.2, 0.25) is 0 Å². The van der Waals surface area contributed by atoms with Gasteiger partial charge in [-0.3, -0.25) is 0 Å². The van der Waals surface area contributed by atoms with Gasteiger partial charge in [-0.15, -0.1) is 0 Å². The number of aliphatic carboxylic acids is 1. The Hall–Kier alpha value is -2.55. The van der Waals surface area contributed by atoms with E-state index in [0.29, 0.717) is 12.0 Å². The van der Waals surface area contributed by atoms with E-state index in [1.165, 1.54) is 29.7 Å². The summed E-state index contributed by atoms with van der Waals surface area (Å²) < 4.78 is 0. The Kier molecular flexibility index (Phi) is 4.31. The van der Waals surface area contributed by atoms with Crippen molar-refractivity contribution in [2.45, 2.75) is 32.1 Å². The molecule has 2 aromatic rings. The van der Waals surface area contributed by atoms with E-state index < -0.39 is 5.97 Å². The third-order valence-corrected chi connectivity index (χ3v) is 5.31. The van der Waals surface area contributed by atoms with Crippen LogP contribution in [0, 0.1) is 0 Å². The standard InChI is InChI=1S/C22H23NO2/c24-22(25)19-5-3-4-16-6-7-18(14-20(16)15-19)17-8-10-21(11-9-17)23-12-1-2-13-23/h6-11,14-15H,1-5,12-13H2,(H,24,25). The number of hydrogen-bond donors (Lipinski definition) is 1. The van der Waals surface area contributed by atoms with Gasteiger partial charge in [0.15, 0.2) is 0 Å². The van der Waals surface area contributed by atoms with Gasteiger partial charge in [-0.2, -0.15) is 0 Å². The van der Waals surface area contributed by atoms with Crippen LogP contribution < -0.4 is 4.90 Å². The first-order valence-electron chi connectivity index (χ1n) is 9.13. The number of anilines is 1. The highest BCUT2D eigenvalue weighted by Crippen LogP contribution is 2.30. The van der Waals surface area contributed by atoms with Crippen molar-refractivity contribution in [3.05, 3.63) is 59.2 Å². The molecule has 0 aromatic heterocycles. The van der Waals surface area contributed by atoms with E-state index in [0.717, 1.165) is 37.1 Å². The molecule has 2 aromatic carbocycles. The first kappa shape index (κ1) is 15.9. The summed E-state index contributed by atoms with van der Waals surface area (Å²) >= 11 is 0. The monoisotopic (exact) mass is 333 g/mol. The molecular formula is C22H23NO2. The zero-order valence-corrected chi connectivity index (χ0v) is 14.4. The molecule has 0 amide bonds. The van der Waals surface area contributed by atoms with Crippen LogP contribution in [0.4, 0.5) is 5.69 Å². The topological polar surface area (TPSA) is 40.5 Å². The third-order valence-electron chi connectivity index (χ3n) is 5.31. The number of aryl methyl sites for hydroxylation is 1. The highest BCUT2D eigenvalue weighted by atomic mass is 16.4. The third kappa shape index (κ3) is 3.32. The number of carboxylic acids is 1. The Morgan fingerprint density at radius 1 is 0.880 bits per heavy atom. The van der Waals surface area contributed by atoms with E-state index in [1.807, 2.05) is 6.08 Å². The molecule has 0 bridgehead atoms. The van der Waals surface area contributed by atoms with E-state index >= 15 is 0 Å². The predicted octanol–water partition coefficient (Wildman–Crippen LogP) is 4.76. The van der Waals surface area contributed by atoms with Crippen molar-refractivity contribution in [2.24, 2.45) is 0 Å². The summed E-state index contributed by atoms with van der Waals surface area (Å²) in [5.74, 6) is -0.798. The Morgan fingerprint density at radius 3 is 2.32 bits per heavy atom. The number of nitrogens with zero attached hydrogens (tertiary/aromatic N) is 1. The van der Waals surface area contributed by atoms with Crippen LogP contribution in [0.1, 0.15) is 36.8 Å². The fourth-order valence-electron chi connectivity index (χ4n) is 3.87. The molecule has 1 aliphatic heterocycles. The van der Waals surface area contributed by atoms with Gasteiger partial charge in [0.2, 0.25) is 0 Å². The maximum Gasteiger partial charge on any atom is 0.331 e. The minimum absolute atomic E-state index is 0.514. The molecule has 0 radical (unpaired) electrons. The second kappa shape index (κ2) is 6.75. The van der Waals surface area contributed by atoms with Crippen LogP contribution in [-0.4, -0.2) is 24.2 Å². The van der Waals surface area contributed by atoms with Crippen LogP contribution in [0.15, 0.2) is 48.0 Å². The van der Waals surface area contributed by atoms with Crippen LogP contribution in [0.3, 0.4) is 0 Å². The van der Waals surface area contributed by atoms with Gasteiger partial charge in [-0.05, 0) is 78.6 Å². The summed E-state index contributed by atoms with van der Waals surface area (Å²) in [4.78, 5) is 13.8. The summed E-state index contributed by atoms with van der Waals surface area (Å²) in [6.45, 7) is 2.31. The van der Waals surface area contributed by atoms with Gasteiger partial charge in [0.25, 0.3) is 0 Å². The molecule has 1 N–H and O–H groups in total. The minimum atomic E-state index is -0.798. The summed E-state index contributed by atoms with van der Waals surface area (Å²) in [5.41, 5.74) is 6.43. The second-order valence-corrected chi connectivity index (χ2v) is 6.98. The van der Waals surface area contributed by atoms with E-state index in [4.69, 9.17) is 0 Å². The Bertz CT molecular complexity index is 814. The van der Waals surface area contributed by atoms with Crippen molar-refractivity contribution in [3.63, 3.8) is 0 Å². The zero-order chi connectivity index (χ0) is 17.2. The van der Waals surface area contributed by atoms with Gasteiger partial charge in [0.1, 0.15) is 0 Å². The molecule has 128 valence electrons. The Labute approximate surface area is 148 Å². The molecular weight excluding hydrogens is 310 g/mol. The van der Waals surface area contributed by atoms with E-state index in [1.54, 1.807) is 0 Å². The molecule has 1 aliphatic carbocycles. The normalized spacial score (nSPS) is 17.0. The van der Waals surface area contributed by atoms with Crippen molar-refractivity contribution < 1.29 is 9.90 Å². The molecule has 0 spiro atoms.